The Balaban J connectivity index is 1.53. The Morgan fingerprint density at radius 1 is 0.967 bits per heavy atom. The van der Waals surface area contributed by atoms with E-state index in [1.807, 2.05) is 67.2 Å². The molecule has 0 aromatic heterocycles. The normalized spacial score (nSPS) is 11.2. The highest BCUT2D eigenvalue weighted by atomic mass is 79.9. The van der Waals surface area contributed by atoms with Gasteiger partial charge in [-0.25, -0.2) is 5.43 Å². The summed E-state index contributed by atoms with van der Waals surface area (Å²) in [5.41, 5.74) is 7.32. The second-order valence-corrected chi connectivity index (χ2v) is 8.50. The maximum Gasteiger partial charge on any atom is 0.271 e. The summed E-state index contributed by atoms with van der Waals surface area (Å²) in [4.78, 5) is 12.4. The minimum absolute atomic E-state index is 0.231. The van der Waals surface area contributed by atoms with E-state index in [9.17, 15) is 4.79 Å². The van der Waals surface area contributed by atoms with Crippen molar-refractivity contribution in [3.8, 4) is 5.75 Å². The SMILES string of the molecule is COc1ccc(C(C)=NNC(=O)c2ccc(CSCc3ccccc3)cc2)cc1Br. The fourth-order valence-corrected chi connectivity index (χ4v) is 4.27. The van der Waals surface area contributed by atoms with Gasteiger partial charge in [0.05, 0.1) is 17.3 Å². The standard InChI is InChI=1S/C24H23BrN2O2S/c1-17(21-12-13-23(29-2)22(25)14-21)26-27-24(28)20-10-8-19(9-11-20)16-30-15-18-6-4-3-5-7-18/h3-14H,15-16H2,1-2H3,(H,27,28). The summed E-state index contributed by atoms with van der Waals surface area (Å²) in [6, 6.07) is 23.7. The van der Waals surface area contributed by atoms with Gasteiger partial charge in [0.25, 0.3) is 5.91 Å². The summed E-state index contributed by atoms with van der Waals surface area (Å²) in [5, 5.41) is 4.22. The number of carbonyl (C=O) groups excluding carboxylic acids is 1. The molecule has 3 aromatic rings. The third-order valence-electron chi connectivity index (χ3n) is 4.49. The van der Waals surface area contributed by atoms with Crippen LogP contribution in [0.15, 0.2) is 82.4 Å². The third kappa shape index (κ3) is 6.21. The number of amides is 1. The molecule has 0 spiro atoms. The highest BCUT2D eigenvalue weighted by molar-refractivity contribution is 9.10. The lowest BCUT2D eigenvalue weighted by Crippen LogP contribution is -2.19. The number of nitrogens with zero attached hydrogens (tertiary/aromatic N) is 1. The number of carbonyl (C=O) groups is 1. The molecule has 0 radical (unpaired) electrons. The van der Waals surface area contributed by atoms with Crippen LogP contribution < -0.4 is 10.2 Å². The van der Waals surface area contributed by atoms with Crippen molar-refractivity contribution in [2.24, 2.45) is 5.10 Å². The first-order chi connectivity index (χ1) is 14.6. The number of hydrogen-bond acceptors (Lipinski definition) is 4. The maximum absolute atomic E-state index is 12.4. The molecule has 0 aliphatic rings. The number of thioether (sulfide) groups is 1. The van der Waals surface area contributed by atoms with Gasteiger partial charge in [0.15, 0.2) is 0 Å². The van der Waals surface area contributed by atoms with E-state index in [1.165, 1.54) is 11.1 Å². The summed E-state index contributed by atoms with van der Waals surface area (Å²) < 4.78 is 6.07. The largest absolute Gasteiger partial charge is 0.496 e. The van der Waals surface area contributed by atoms with Gasteiger partial charge in [0.2, 0.25) is 0 Å². The summed E-state index contributed by atoms with van der Waals surface area (Å²) in [5.74, 6) is 2.39. The van der Waals surface area contributed by atoms with Gasteiger partial charge in [0, 0.05) is 17.1 Å². The van der Waals surface area contributed by atoms with Crippen LogP contribution in [0.25, 0.3) is 0 Å². The Hall–Kier alpha value is -2.57. The van der Waals surface area contributed by atoms with Crippen molar-refractivity contribution in [2.75, 3.05) is 7.11 Å². The van der Waals surface area contributed by atoms with E-state index in [0.717, 1.165) is 27.3 Å². The van der Waals surface area contributed by atoms with Crippen LogP contribution in [0, 0.1) is 0 Å². The Kier molecular flexibility index (Phi) is 8.11. The zero-order valence-corrected chi connectivity index (χ0v) is 19.3. The van der Waals surface area contributed by atoms with E-state index in [0.29, 0.717) is 11.3 Å². The number of rotatable bonds is 8. The Morgan fingerprint density at radius 3 is 2.23 bits per heavy atom. The molecule has 0 heterocycles. The molecule has 0 bridgehead atoms. The van der Waals surface area contributed by atoms with Gasteiger partial charge in [-0.2, -0.15) is 16.9 Å². The molecule has 4 nitrogen and oxygen atoms in total. The van der Waals surface area contributed by atoms with Crippen molar-refractivity contribution in [1.29, 1.82) is 0 Å². The molecule has 0 aliphatic heterocycles. The van der Waals surface area contributed by atoms with Crippen molar-refractivity contribution < 1.29 is 9.53 Å². The molecule has 0 saturated carbocycles. The van der Waals surface area contributed by atoms with Gasteiger partial charge < -0.3 is 4.74 Å². The van der Waals surface area contributed by atoms with Crippen LogP contribution in [0.2, 0.25) is 0 Å². The topological polar surface area (TPSA) is 50.7 Å². The molecule has 0 saturated heterocycles. The van der Waals surface area contributed by atoms with Crippen molar-refractivity contribution in [3.63, 3.8) is 0 Å². The number of methoxy groups -OCH3 is 1. The predicted octanol–water partition coefficient (Wildman–Crippen LogP) is 6.05. The van der Waals surface area contributed by atoms with Gasteiger partial charge in [-0.05, 0) is 69.9 Å². The van der Waals surface area contributed by atoms with Gasteiger partial charge >= 0.3 is 0 Å². The second-order valence-electron chi connectivity index (χ2n) is 6.66. The highest BCUT2D eigenvalue weighted by Gasteiger charge is 2.07. The molecular formula is C24H23BrN2O2S. The first-order valence-corrected chi connectivity index (χ1v) is 11.4. The quantitative estimate of drug-likeness (QED) is 0.314. The zero-order valence-electron chi connectivity index (χ0n) is 16.9. The smallest absolute Gasteiger partial charge is 0.271 e. The van der Waals surface area contributed by atoms with Crippen LogP contribution in [0.3, 0.4) is 0 Å². The van der Waals surface area contributed by atoms with Crippen LogP contribution in [0.5, 0.6) is 5.75 Å². The summed E-state index contributed by atoms with van der Waals surface area (Å²) in [6.07, 6.45) is 0. The molecule has 3 rings (SSSR count). The maximum atomic E-state index is 12.4. The minimum atomic E-state index is -0.231. The second kappa shape index (κ2) is 11.0. The van der Waals surface area contributed by atoms with E-state index < -0.39 is 0 Å². The van der Waals surface area contributed by atoms with Gasteiger partial charge in [0.1, 0.15) is 5.75 Å². The lowest BCUT2D eigenvalue weighted by atomic mass is 10.1. The molecule has 6 heteroatoms. The number of halogens is 1. The first kappa shape index (κ1) is 22.1. The number of ether oxygens (including phenoxy) is 1. The molecule has 0 aliphatic carbocycles. The van der Waals surface area contributed by atoms with Crippen molar-refractivity contribution in [3.05, 3.63) is 99.5 Å². The van der Waals surface area contributed by atoms with E-state index in [1.54, 1.807) is 7.11 Å². The average molecular weight is 483 g/mol. The fourth-order valence-electron chi connectivity index (χ4n) is 2.77. The lowest BCUT2D eigenvalue weighted by molar-refractivity contribution is 0.0955. The first-order valence-electron chi connectivity index (χ1n) is 9.46. The number of hydrazone groups is 1. The van der Waals surface area contributed by atoms with Crippen LogP contribution in [-0.2, 0) is 11.5 Å². The van der Waals surface area contributed by atoms with Crippen LogP contribution >= 0.6 is 27.7 Å². The van der Waals surface area contributed by atoms with Crippen LogP contribution in [0.4, 0.5) is 0 Å². The average Bonchev–Trinajstić information content (AvgIpc) is 2.78. The molecule has 154 valence electrons. The minimum Gasteiger partial charge on any atom is -0.496 e. The van der Waals surface area contributed by atoms with Gasteiger partial charge in [-0.1, -0.05) is 42.5 Å². The predicted molar refractivity (Wildman–Crippen MR) is 128 cm³/mol. The number of hydrogen-bond donors (Lipinski definition) is 1. The molecule has 0 unspecified atom stereocenters. The van der Waals surface area contributed by atoms with E-state index >= 15 is 0 Å². The van der Waals surface area contributed by atoms with Crippen molar-refractivity contribution in [2.45, 2.75) is 18.4 Å². The zero-order chi connectivity index (χ0) is 21.3. The Bertz CT molecular complexity index is 1020. The Labute approximate surface area is 189 Å². The molecule has 1 amide bonds. The highest BCUT2D eigenvalue weighted by Crippen LogP contribution is 2.25. The number of nitrogens with one attached hydrogen (secondary N) is 1. The molecular weight excluding hydrogens is 460 g/mol. The number of benzene rings is 3. The molecule has 0 fully saturated rings. The van der Waals surface area contributed by atoms with E-state index in [-0.39, 0.29) is 5.91 Å². The molecule has 1 N–H and O–H groups in total. The molecule has 30 heavy (non-hydrogen) atoms. The van der Waals surface area contributed by atoms with Crippen LogP contribution in [0.1, 0.15) is 34.0 Å². The molecule has 0 atom stereocenters. The van der Waals surface area contributed by atoms with Crippen molar-refractivity contribution >= 4 is 39.3 Å². The Morgan fingerprint density at radius 2 is 1.60 bits per heavy atom. The summed E-state index contributed by atoms with van der Waals surface area (Å²) >= 11 is 5.32. The van der Waals surface area contributed by atoms with E-state index in [4.69, 9.17) is 4.74 Å². The van der Waals surface area contributed by atoms with Gasteiger partial charge in [-0.15, -0.1) is 0 Å². The van der Waals surface area contributed by atoms with E-state index in [2.05, 4.69) is 50.7 Å². The van der Waals surface area contributed by atoms with Crippen LogP contribution in [-0.4, -0.2) is 18.7 Å². The van der Waals surface area contributed by atoms with Crippen molar-refractivity contribution in [1.82, 2.24) is 5.43 Å². The fraction of sp³-hybridized carbons (Fsp3) is 0.167. The molecule has 3 aromatic carbocycles. The monoisotopic (exact) mass is 482 g/mol. The summed E-state index contributed by atoms with van der Waals surface area (Å²) in [6.45, 7) is 1.85. The third-order valence-corrected chi connectivity index (χ3v) is 6.19. The summed E-state index contributed by atoms with van der Waals surface area (Å²) in [7, 11) is 1.62. The lowest BCUT2D eigenvalue weighted by Gasteiger charge is -2.07. The van der Waals surface area contributed by atoms with Gasteiger partial charge in [-0.3, -0.25) is 4.79 Å².